The molecule has 4 aliphatic rings. The lowest BCUT2D eigenvalue weighted by atomic mass is 9.52. The second kappa shape index (κ2) is 4.90. The van der Waals surface area contributed by atoms with Crippen molar-refractivity contribution in [3.8, 4) is 0 Å². The monoisotopic (exact) mass is 300 g/mol. The van der Waals surface area contributed by atoms with Gasteiger partial charge in [-0.3, -0.25) is 9.59 Å². The number of fused-ring (bicyclic) bond motifs is 2. The molecule has 4 fully saturated rings. The Morgan fingerprint density at radius 2 is 2.20 bits per heavy atom. The maximum atomic E-state index is 12.2. The summed E-state index contributed by atoms with van der Waals surface area (Å²) in [6.45, 7) is 4.45. The van der Waals surface area contributed by atoms with Gasteiger partial charge in [-0.1, -0.05) is 0 Å². The smallest absolute Gasteiger partial charge is 0.320 e. The van der Waals surface area contributed by atoms with E-state index < -0.39 is 0 Å². The molecule has 1 saturated heterocycles. The highest BCUT2D eigenvalue weighted by atomic mass is 35.5. The fourth-order valence-electron chi connectivity index (χ4n) is 4.83. The van der Waals surface area contributed by atoms with E-state index in [2.05, 4.69) is 0 Å². The highest BCUT2D eigenvalue weighted by Crippen LogP contribution is 2.59. The van der Waals surface area contributed by atoms with Gasteiger partial charge in [-0.2, -0.15) is 0 Å². The number of ether oxygens (including phenoxy) is 2. The average molecular weight is 301 g/mol. The van der Waals surface area contributed by atoms with Gasteiger partial charge in [-0.05, 0) is 50.9 Å². The Kier molecular flexibility index (Phi) is 3.47. The number of rotatable bonds is 3. The van der Waals surface area contributed by atoms with Gasteiger partial charge in [0, 0.05) is 5.92 Å². The number of halogens is 1. The van der Waals surface area contributed by atoms with Gasteiger partial charge in [-0.15, -0.1) is 11.6 Å². The van der Waals surface area contributed by atoms with Crippen molar-refractivity contribution < 1.29 is 19.1 Å². The molecule has 0 aromatic rings. The van der Waals surface area contributed by atoms with Crippen molar-refractivity contribution >= 4 is 23.5 Å². The third-order valence-corrected chi connectivity index (χ3v) is 5.66. The highest BCUT2D eigenvalue weighted by Gasteiger charge is 2.62. The van der Waals surface area contributed by atoms with Crippen LogP contribution in [-0.4, -0.2) is 30.0 Å². The van der Waals surface area contributed by atoms with Crippen LogP contribution < -0.4 is 0 Å². The molecule has 4 rings (SSSR count). The number of esters is 2. The summed E-state index contributed by atoms with van der Waals surface area (Å²) in [5.41, 5.74) is -0.344. The van der Waals surface area contributed by atoms with Gasteiger partial charge in [-0.25, -0.2) is 0 Å². The largest absolute Gasteiger partial charge is 0.464 e. The lowest BCUT2D eigenvalue weighted by Crippen LogP contribution is -2.50. The zero-order chi connectivity index (χ0) is 14.5. The van der Waals surface area contributed by atoms with Crippen LogP contribution in [0.3, 0.4) is 0 Å². The Morgan fingerprint density at radius 1 is 1.45 bits per heavy atom. The molecule has 0 aromatic carbocycles. The van der Waals surface area contributed by atoms with Crippen LogP contribution in [0.15, 0.2) is 0 Å². The minimum absolute atomic E-state index is 0.00259. The summed E-state index contributed by atoms with van der Waals surface area (Å²) >= 11 is 5.45. The van der Waals surface area contributed by atoms with E-state index >= 15 is 0 Å². The molecule has 3 aliphatic carbocycles. The first kappa shape index (κ1) is 14.2. The van der Waals surface area contributed by atoms with Crippen molar-refractivity contribution in [1.82, 2.24) is 0 Å². The fraction of sp³-hybridized carbons (Fsp3) is 0.867. The maximum Gasteiger partial charge on any atom is 0.320 e. The summed E-state index contributed by atoms with van der Waals surface area (Å²) in [5, 5.41) is 0. The first-order chi connectivity index (χ1) is 9.44. The van der Waals surface area contributed by atoms with Gasteiger partial charge in [0.15, 0.2) is 0 Å². The molecule has 2 bridgehead atoms. The second-order valence-electron chi connectivity index (χ2n) is 6.89. The summed E-state index contributed by atoms with van der Waals surface area (Å²) in [6, 6.07) is 0. The van der Waals surface area contributed by atoms with E-state index in [1.165, 1.54) is 0 Å². The van der Waals surface area contributed by atoms with E-state index in [1.54, 1.807) is 0 Å². The van der Waals surface area contributed by atoms with Gasteiger partial charge in [0.05, 0.1) is 12.5 Å². The molecule has 1 aliphatic heterocycles. The first-order valence-corrected chi connectivity index (χ1v) is 7.92. The summed E-state index contributed by atoms with van der Waals surface area (Å²) in [5.74, 6) is 0.868. The summed E-state index contributed by atoms with van der Waals surface area (Å²) in [7, 11) is 0. The van der Waals surface area contributed by atoms with Crippen molar-refractivity contribution in [2.75, 3.05) is 12.5 Å². The summed E-state index contributed by atoms with van der Waals surface area (Å²) < 4.78 is 10.8. The Morgan fingerprint density at radius 3 is 2.90 bits per heavy atom. The van der Waals surface area contributed by atoms with E-state index in [-0.39, 0.29) is 35.3 Å². The maximum absolute atomic E-state index is 12.2. The quantitative estimate of drug-likeness (QED) is 0.593. The van der Waals surface area contributed by atoms with E-state index in [9.17, 15) is 9.59 Å². The van der Waals surface area contributed by atoms with Crippen molar-refractivity contribution in [3.05, 3.63) is 0 Å². The third-order valence-electron chi connectivity index (χ3n) is 5.44. The van der Waals surface area contributed by atoms with Crippen LogP contribution in [0.2, 0.25) is 0 Å². The molecule has 112 valence electrons. The van der Waals surface area contributed by atoms with E-state index in [0.29, 0.717) is 24.4 Å². The molecule has 5 unspecified atom stereocenters. The SMILES string of the molecule is CC1(C)OC(=O)C2C3CCC(CC3COC(=O)CCl)C21. The van der Waals surface area contributed by atoms with Crippen LogP contribution in [0.1, 0.15) is 33.1 Å². The number of cyclic esters (lactones) is 1. The first-order valence-electron chi connectivity index (χ1n) is 7.38. The highest BCUT2D eigenvalue weighted by molar-refractivity contribution is 6.26. The predicted octanol–water partition coefficient (Wildman–Crippen LogP) is 2.38. The Hall–Kier alpha value is -0.770. The van der Waals surface area contributed by atoms with Crippen LogP contribution >= 0.6 is 11.6 Å². The Balaban J connectivity index is 1.75. The molecule has 5 atom stereocenters. The van der Waals surface area contributed by atoms with E-state index in [4.69, 9.17) is 21.1 Å². The molecule has 5 heteroatoms. The van der Waals surface area contributed by atoms with Crippen LogP contribution in [0.5, 0.6) is 0 Å². The van der Waals surface area contributed by atoms with Gasteiger partial charge >= 0.3 is 11.9 Å². The molecule has 4 nitrogen and oxygen atoms in total. The van der Waals surface area contributed by atoms with Crippen LogP contribution in [0, 0.1) is 29.6 Å². The Labute approximate surface area is 124 Å². The van der Waals surface area contributed by atoms with Gasteiger partial charge in [0.25, 0.3) is 0 Å². The topological polar surface area (TPSA) is 52.6 Å². The molecular weight excluding hydrogens is 280 g/mol. The third kappa shape index (κ3) is 2.12. The zero-order valence-corrected chi connectivity index (χ0v) is 12.7. The zero-order valence-electron chi connectivity index (χ0n) is 11.9. The van der Waals surface area contributed by atoms with Crippen LogP contribution in [0.4, 0.5) is 0 Å². The molecule has 3 saturated carbocycles. The van der Waals surface area contributed by atoms with Gasteiger partial charge in [0.1, 0.15) is 11.5 Å². The number of alkyl halides is 1. The molecular formula is C15H21ClO4. The average Bonchev–Trinajstić information content (AvgIpc) is 2.68. The van der Waals surface area contributed by atoms with Crippen LogP contribution in [0.25, 0.3) is 0 Å². The number of hydrogen-bond donors (Lipinski definition) is 0. The predicted molar refractivity (Wildman–Crippen MR) is 73.2 cm³/mol. The lowest BCUT2D eigenvalue weighted by Gasteiger charge is -2.50. The minimum atomic E-state index is -0.376. The molecule has 0 radical (unpaired) electrons. The minimum Gasteiger partial charge on any atom is -0.464 e. The molecule has 0 aromatic heterocycles. The van der Waals surface area contributed by atoms with Crippen molar-refractivity contribution in [1.29, 1.82) is 0 Å². The lowest BCUT2D eigenvalue weighted by molar-refractivity contribution is -0.151. The molecule has 0 spiro atoms. The normalized spacial score (nSPS) is 41.1. The fourth-order valence-corrected chi connectivity index (χ4v) is 4.91. The number of carbonyl (C=O) groups excluding carboxylic acids is 2. The van der Waals surface area contributed by atoms with Crippen molar-refractivity contribution in [2.24, 2.45) is 29.6 Å². The number of carbonyl (C=O) groups is 2. The molecule has 0 amide bonds. The van der Waals surface area contributed by atoms with Gasteiger partial charge in [0.2, 0.25) is 0 Å². The van der Waals surface area contributed by atoms with E-state index in [1.807, 2.05) is 13.8 Å². The molecule has 20 heavy (non-hydrogen) atoms. The second-order valence-corrected chi connectivity index (χ2v) is 7.16. The molecule has 1 heterocycles. The van der Waals surface area contributed by atoms with E-state index in [0.717, 1.165) is 19.3 Å². The number of hydrogen-bond acceptors (Lipinski definition) is 4. The standard InChI is InChI=1S/C15H21ClO4/c1-15(2)13-8-3-4-10(12(13)14(18)20-15)9(5-8)7-19-11(17)6-16/h8-10,12-13H,3-7H2,1-2H3. The van der Waals surface area contributed by atoms with Crippen LogP contribution in [-0.2, 0) is 19.1 Å². The van der Waals surface area contributed by atoms with Crippen molar-refractivity contribution in [3.63, 3.8) is 0 Å². The Bertz CT molecular complexity index is 434. The summed E-state index contributed by atoms with van der Waals surface area (Å²) in [4.78, 5) is 23.4. The molecule has 0 N–H and O–H groups in total. The van der Waals surface area contributed by atoms with Gasteiger partial charge < -0.3 is 9.47 Å². The van der Waals surface area contributed by atoms with Crippen molar-refractivity contribution in [2.45, 2.75) is 38.7 Å². The summed E-state index contributed by atoms with van der Waals surface area (Å²) in [6.07, 6.45) is 3.23.